The molecular weight excluding hydrogens is 358 g/mol. The van der Waals surface area contributed by atoms with E-state index < -0.39 is 0 Å². The molecule has 0 N–H and O–H groups in total. The summed E-state index contributed by atoms with van der Waals surface area (Å²) in [4.78, 5) is 9.60. The lowest BCUT2D eigenvalue weighted by Crippen LogP contribution is -1.98. The number of aryl methyl sites for hydroxylation is 3. The summed E-state index contributed by atoms with van der Waals surface area (Å²) in [5.41, 5.74) is 3.32. The first-order chi connectivity index (χ1) is 13.3. The summed E-state index contributed by atoms with van der Waals surface area (Å²) in [5, 5.41) is 2.09. The van der Waals surface area contributed by atoms with Gasteiger partial charge in [0.05, 0.1) is 11.2 Å². The van der Waals surface area contributed by atoms with Crippen LogP contribution < -0.4 is 4.74 Å². The number of aromatic nitrogens is 3. The van der Waals surface area contributed by atoms with Gasteiger partial charge < -0.3 is 13.7 Å². The standard InChI is InChI=1S/C21H21N3O2S/c1-16-11-20(27-14-16)21-23-18(13-26-21)12-25-19-6-4-17(5-7-19)3-2-9-24-10-8-22-15-24/h4-8,10-11,13-15H,2-3,9,12H2,1H3. The molecule has 5 nitrogen and oxygen atoms in total. The highest BCUT2D eigenvalue weighted by Gasteiger charge is 2.09. The first kappa shape index (κ1) is 17.5. The molecule has 0 aliphatic carbocycles. The van der Waals surface area contributed by atoms with Gasteiger partial charge in [-0.3, -0.25) is 0 Å². The van der Waals surface area contributed by atoms with Crippen molar-refractivity contribution < 1.29 is 9.15 Å². The van der Waals surface area contributed by atoms with Crippen molar-refractivity contribution in [1.82, 2.24) is 14.5 Å². The zero-order valence-electron chi connectivity index (χ0n) is 15.2. The van der Waals surface area contributed by atoms with Crippen molar-refractivity contribution in [3.63, 3.8) is 0 Å². The Hall–Kier alpha value is -2.86. The zero-order valence-corrected chi connectivity index (χ0v) is 16.0. The van der Waals surface area contributed by atoms with Gasteiger partial charge in [-0.25, -0.2) is 9.97 Å². The van der Waals surface area contributed by atoms with Gasteiger partial charge in [0.15, 0.2) is 0 Å². The van der Waals surface area contributed by atoms with Crippen molar-refractivity contribution in [3.05, 3.63) is 77.5 Å². The largest absolute Gasteiger partial charge is 0.487 e. The third kappa shape index (κ3) is 4.65. The van der Waals surface area contributed by atoms with Gasteiger partial charge in [-0.05, 0) is 54.5 Å². The first-order valence-corrected chi connectivity index (χ1v) is 9.81. The second-order valence-corrected chi connectivity index (χ2v) is 7.38. The molecule has 0 spiro atoms. The Morgan fingerprint density at radius 2 is 2.11 bits per heavy atom. The summed E-state index contributed by atoms with van der Waals surface area (Å²) in [6, 6.07) is 10.3. The van der Waals surface area contributed by atoms with Crippen LogP contribution in [0.1, 0.15) is 23.2 Å². The molecule has 0 aliphatic heterocycles. The van der Waals surface area contributed by atoms with Crippen LogP contribution >= 0.6 is 11.3 Å². The normalized spacial score (nSPS) is 11.0. The van der Waals surface area contributed by atoms with Crippen molar-refractivity contribution in [3.8, 4) is 16.5 Å². The number of hydrogen-bond donors (Lipinski definition) is 0. The maximum atomic E-state index is 5.83. The van der Waals surface area contributed by atoms with E-state index in [4.69, 9.17) is 9.15 Å². The topological polar surface area (TPSA) is 53.1 Å². The molecule has 1 aromatic carbocycles. The number of imidazole rings is 1. The Labute approximate surface area is 162 Å². The highest BCUT2D eigenvalue weighted by Crippen LogP contribution is 2.26. The van der Waals surface area contributed by atoms with E-state index in [1.165, 1.54) is 11.1 Å². The Kier molecular flexibility index (Phi) is 5.34. The number of rotatable bonds is 8. The van der Waals surface area contributed by atoms with Crippen molar-refractivity contribution in [1.29, 1.82) is 0 Å². The lowest BCUT2D eigenvalue weighted by molar-refractivity contribution is 0.301. The fourth-order valence-electron chi connectivity index (χ4n) is 2.82. The fourth-order valence-corrected chi connectivity index (χ4v) is 3.65. The molecule has 0 aliphatic rings. The lowest BCUT2D eigenvalue weighted by Gasteiger charge is -2.06. The molecule has 27 heavy (non-hydrogen) atoms. The number of ether oxygens (including phenoxy) is 1. The highest BCUT2D eigenvalue weighted by molar-refractivity contribution is 7.13. The number of nitrogens with zero attached hydrogens (tertiary/aromatic N) is 3. The lowest BCUT2D eigenvalue weighted by atomic mass is 10.1. The molecular formula is C21H21N3O2S. The van der Waals surface area contributed by atoms with Crippen LogP contribution in [0, 0.1) is 6.92 Å². The van der Waals surface area contributed by atoms with Crippen molar-refractivity contribution >= 4 is 11.3 Å². The molecule has 0 radical (unpaired) electrons. The molecule has 3 aromatic heterocycles. The van der Waals surface area contributed by atoms with Crippen molar-refractivity contribution in [2.75, 3.05) is 0 Å². The van der Waals surface area contributed by atoms with E-state index in [2.05, 4.69) is 45.0 Å². The van der Waals surface area contributed by atoms with Crippen molar-refractivity contribution in [2.45, 2.75) is 32.9 Å². The molecule has 0 unspecified atom stereocenters. The van der Waals surface area contributed by atoms with E-state index in [1.54, 1.807) is 17.6 Å². The van der Waals surface area contributed by atoms with Crippen molar-refractivity contribution in [2.24, 2.45) is 0 Å². The molecule has 4 rings (SSSR count). The second kappa shape index (κ2) is 8.22. The van der Waals surface area contributed by atoms with E-state index in [-0.39, 0.29) is 0 Å². The summed E-state index contributed by atoms with van der Waals surface area (Å²) in [7, 11) is 0. The first-order valence-electron chi connectivity index (χ1n) is 8.94. The number of thiophene rings is 1. The molecule has 6 heteroatoms. The maximum absolute atomic E-state index is 5.83. The van der Waals surface area contributed by atoms with Gasteiger partial charge in [0.25, 0.3) is 0 Å². The Balaban J connectivity index is 1.27. The molecule has 0 amide bonds. The van der Waals surface area contributed by atoms with Crippen LogP contribution in [0.4, 0.5) is 0 Å². The van der Waals surface area contributed by atoms with Gasteiger partial charge >= 0.3 is 0 Å². The summed E-state index contributed by atoms with van der Waals surface area (Å²) in [5.74, 6) is 1.49. The van der Waals surface area contributed by atoms with Gasteiger partial charge in [0.1, 0.15) is 24.3 Å². The summed E-state index contributed by atoms with van der Waals surface area (Å²) in [6.07, 6.45) is 9.43. The predicted octanol–water partition coefficient (Wildman–Crippen LogP) is 5.12. The van der Waals surface area contributed by atoms with E-state index in [9.17, 15) is 0 Å². The van der Waals surface area contributed by atoms with Crippen LogP contribution in [0.5, 0.6) is 5.75 Å². The van der Waals surface area contributed by atoms with Crippen LogP contribution in [-0.4, -0.2) is 14.5 Å². The summed E-state index contributed by atoms with van der Waals surface area (Å²) in [6.45, 7) is 3.44. The summed E-state index contributed by atoms with van der Waals surface area (Å²) >= 11 is 1.64. The van der Waals surface area contributed by atoms with Crippen LogP contribution in [0.25, 0.3) is 10.8 Å². The SMILES string of the molecule is Cc1csc(-c2nc(COc3ccc(CCCn4ccnc4)cc3)co2)c1. The fraction of sp³-hybridized carbons (Fsp3) is 0.238. The zero-order chi connectivity index (χ0) is 18.5. The van der Waals surface area contributed by atoms with Crippen LogP contribution in [0.15, 0.2) is 65.1 Å². The predicted molar refractivity (Wildman–Crippen MR) is 106 cm³/mol. The van der Waals surface area contributed by atoms with Gasteiger partial charge in [0.2, 0.25) is 5.89 Å². The number of oxazole rings is 1. The molecule has 4 aromatic rings. The quantitative estimate of drug-likeness (QED) is 0.426. The van der Waals surface area contributed by atoms with Crippen LogP contribution in [0.3, 0.4) is 0 Å². The number of hydrogen-bond acceptors (Lipinski definition) is 5. The maximum Gasteiger partial charge on any atom is 0.236 e. The Bertz CT molecular complexity index is 971. The Morgan fingerprint density at radius 3 is 2.85 bits per heavy atom. The molecule has 0 saturated heterocycles. The molecule has 138 valence electrons. The minimum Gasteiger partial charge on any atom is -0.487 e. The Morgan fingerprint density at radius 1 is 1.22 bits per heavy atom. The van der Waals surface area contributed by atoms with Gasteiger partial charge in [0, 0.05) is 18.9 Å². The smallest absolute Gasteiger partial charge is 0.236 e. The minimum absolute atomic E-state index is 0.397. The number of benzene rings is 1. The van der Waals surface area contributed by atoms with Gasteiger partial charge in [-0.2, -0.15) is 0 Å². The third-order valence-corrected chi connectivity index (χ3v) is 5.28. The van der Waals surface area contributed by atoms with E-state index in [0.29, 0.717) is 12.5 Å². The monoisotopic (exact) mass is 379 g/mol. The van der Waals surface area contributed by atoms with Gasteiger partial charge in [-0.1, -0.05) is 12.1 Å². The molecule has 0 saturated carbocycles. The van der Waals surface area contributed by atoms with E-state index >= 15 is 0 Å². The molecule has 0 fully saturated rings. The third-order valence-electron chi connectivity index (χ3n) is 4.24. The summed E-state index contributed by atoms with van der Waals surface area (Å²) < 4.78 is 13.5. The molecule has 3 heterocycles. The minimum atomic E-state index is 0.397. The molecule has 0 atom stereocenters. The average molecular weight is 379 g/mol. The van der Waals surface area contributed by atoms with Crippen LogP contribution in [0.2, 0.25) is 0 Å². The van der Waals surface area contributed by atoms with E-state index in [1.807, 2.05) is 30.9 Å². The van der Waals surface area contributed by atoms with E-state index in [0.717, 1.165) is 35.7 Å². The second-order valence-electron chi connectivity index (χ2n) is 6.47. The van der Waals surface area contributed by atoms with Gasteiger partial charge in [-0.15, -0.1) is 11.3 Å². The van der Waals surface area contributed by atoms with Crippen LogP contribution in [-0.2, 0) is 19.6 Å². The average Bonchev–Trinajstić information content (AvgIpc) is 3.43. The molecule has 0 bridgehead atoms. The highest BCUT2D eigenvalue weighted by atomic mass is 32.1.